The average Bonchev–Trinajstić information content (AvgIpc) is 3.44. The van der Waals surface area contributed by atoms with Crippen LogP contribution in [-0.2, 0) is 4.79 Å². The van der Waals surface area contributed by atoms with E-state index in [1.165, 1.54) is 55.9 Å². The summed E-state index contributed by atoms with van der Waals surface area (Å²) >= 11 is 0. The standard InChI is InChI=1S/C33H27FN6O7/c1-46-27-15-20(7-12-24(27)34)32(42)38-28-16-19(13-14-35-28)30-31(36-21-5-3-2-4-6-21)29-25(37-30)17-39(18-26(29)41)33(43)47-23-10-8-22(9-11-23)40(44)45/h2-17,29-31,36-37H,18H2,1H3,(H,35,38,42). The minimum absolute atomic E-state index is 0.0736. The van der Waals surface area contributed by atoms with E-state index >= 15 is 0 Å². The summed E-state index contributed by atoms with van der Waals surface area (Å²) in [6.07, 6.45) is 2.21. The predicted octanol–water partition coefficient (Wildman–Crippen LogP) is 5.06. The van der Waals surface area contributed by atoms with E-state index in [1.54, 1.807) is 12.1 Å². The van der Waals surface area contributed by atoms with E-state index in [1.807, 2.05) is 30.3 Å². The number of pyridine rings is 1. The van der Waals surface area contributed by atoms with Gasteiger partial charge in [-0.25, -0.2) is 14.2 Å². The lowest BCUT2D eigenvalue weighted by Gasteiger charge is -2.29. The zero-order valence-electron chi connectivity index (χ0n) is 24.8. The van der Waals surface area contributed by atoms with Crippen LogP contribution < -0.4 is 25.4 Å². The van der Waals surface area contributed by atoms with Gasteiger partial charge in [-0.2, -0.15) is 0 Å². The number of fused-ring (bicyclic) bond motifs is 1. The highest BCUT2D eigenvalue weighted by Gasteiger charge is 2.47. The smallest absolute Gasteiger partial charge is 0.419 e. The Morgan fingerprint density at radius 1 is 1.06 bits per heavy atom. The number of benzene rings is 3. The molecule has 238 valence electrons. The van der Waals surface area contributed by atoms with Crippen LogP contribution in [-0.4, -0.2) is 52.3 Å². The van der Waals surface area contributed by atoms with E-state index < -0.39 is 40.7 Å². The lowest BCUT2D eigenvalue weighted by Crippen LogP contribution is -2.44. The van der Waals surface area contributed by atoms with Crippen LogP contribution in [0.5, 0.6) is 11.5 Å². The first kappa shape index (κ1) is 30.7. The molecule has 4 aromatic rings. The molecule has 14 heteroatoms. The van der Waals surface area contributed by atoms with E-state index in [2.05, 4.69) is 20.9 Å². The van der Waals surface area contributed by atoms with Crippen LogP contribution in [0.15, 0.2) is 103 Å². The monoisotopic (exact) mass is 638 g/mol. The molecule has 2 aliphatic heterocycles. The van der Waals surface area contributed by atoms with E-state index in [0.717, 1.165) is 16.7 Å². The third-order valence-electron chi connectivity index (χ3n) is 7.74. The number of hydrogen-bond acceptors (Lipinski definition) is 10. The number of nitro groups is 1. The quantitative estimate of drug-likeness (QED) is 0.176. The molecule has 3 heterocycles. The molecule has 3 unspecified atom stereocenters. The van der Waals surface area contributed by atoms with Crippen LogP contribution in [0, 0.1) is 21.8 Å². The molecule has 47 heavy (non-hydrogen) atoms. The molecular weight excluding hydrogens is 611 g/mol. The molecular formula is C33H27FN6O7. The summed E-state index contributed by atoms with van der Waals surface area (Å²) in [5, 5.41) is 20.5. The molecule has 1 fully saturated rings. The van der Waals surface area contributed by atoms with E-state index in [0.29, 0.717) is 11.3 Å². The summed E-state index contributed by atoms with van der Waals surface area (Å²) in [7, 11) is 1.30. The van der Waals surface area contributed by atoms with Gasteiger partial charge in [-0.15, -0.1) is 0 Å². The number of ketones is 1. The number of nitrogens with one attached hydrogen (secondary N) is 3. The molecule has 1 aromatic heterocycles. The minimum atomic E-state index is -0.831. The van der Waals surface area contributed by atoms with Crippen molar-refractivity contribution in [1.82, 2.24) is 15.2 Å². The van der Waals surface area contributed by atoms with Crippen molar-refractivity contribution in [3.63, 3.8) is 0 Å². The molecule has 0 aliphatic carbocycles. The van der Waals surface area contributed by atoms with Crippen molar-refractivity contribution in [3.05, 3.63) is 130 Å². The Kier molecular flexibility index (Phi) is 8.47. The number of methoxy groups -OCH3 is 1. The van der Waals surface area contributed by atoms with Gasteiger partial charge in [0.2, 0.25) is 0 Å². The maximum Gasteiger partial charge on any atom is 0.419 e. The Labute approximate surface area is 267 Å². The number of para-hydroxylation sites is 1. The molecule has 2 aliphatic rings. The molecule has 0 radical (unpaired) electrons. The fourth-order valence-corrected chi connectivity index (χ4v) is 5.51. The van der Waals surface area contributed by atoms with Gasteiger partial charge in [0, 0.05) is 41.5 Å². The van der Waals surface area contributed by atoms with Crippen molar-refractivity contribution in [2.24, 2.45) is 5.92 Å². The normalized spacial score (nSPS) is 18.3. The fraction of sp³-hybridized carbons (Fsp3) is 0.152. The van der Waals surface area contributed by atoms with Crippen LogP contribution in [0.4, 0.5) is 26.4 Å². The van der Waals surface area contributed by atoms with Gasteiger partial charge in [0.05, 0.1) is 36.6 Å². The van der Waals surface area contributed by atoms with Crippen LogP contribution >= 0.6 is 0 Å². The molecule has 2 amide bonds. The Morgan fingerprint density at radius 2 is 1.83 bits per heavy atom. The first-order valence-corrected chi connectivity index (χ1v) is 14.4. The molecule has 13 nitrogen and oxygen atoms in total. The lowest BCUT2D eigenvalue weighted by atomic mass is 9.88. The summed E-state index contributed by atoms with van der Waals surface area (Å²) in [6, 6.07) is 20.5. The van der Waals surface area contributed by atoms with E-state index in [-0.39, 0.29) is 40.9 Å². The van der Waals surface area contributed by atoms with E-state index in [4.69, 9.17) is 9.47 Å². The van der Waals surface area contributed by atoms with Crippen molar-refractivity contribution in [1.29, 1.82) is 0 Å². The van der Waals surface area contributed by atoms with Crippen molar-refractivity contribution in [2.75, 3.05) is 24.3 Å². The van der Waals surface area contributed by atoms with Crippen LogP contribution in [0.25, 0.3) is 0 Å². The summed E-state index contributed by atoms with van der Waals surface area (Å²) in [5.41, 5.74) is 1.94. The first-order chi connectivity index (χ1) is 22.7. The maximum atomic E-state index is 13.9. The number of anilines is 2. The van der Waals surface area contributed by atoms with Gasteiger partial charge < -0.3 is 25.4 Å². The Morgan fingerprint density at radius 3 is 2.55 bits per heavy atom. The molecule has 6 rings (SSSR count). The van der Waals surface area contributed by atoms with Gasteiger partial charge in [-0.05, 0) is 60.2 Å². The summed E-state index contributed by atoms with van der Waals surface area (Å²) in [5.74, 6) is -1.81. The molecule has 1 saturated heterocycles. The van der Waals surface area contributed by atoms with Crippen LogP contribution in [0.3, 0.4) is 0 Å². The number of Topliss-reactive ketones (excluding diaryl/α,β-unsaturated/α-hetero) is 1. The number of carbonyl (C=O) groups is 3. The zero-order valence-corrected chi connectivity index (χ0v) is 24.8. The number of carbonyl (C=O) groups excluding carboxylic acids is 3. The van der Waals surface area contributed by atoms with Gasteiger partial charge in [-0.3, -0.25) is 24.6 Å². The van der Waals surface area contributed by atoms with Gasteiger partial charge in [0.15, 0.2) is 17.3 Å². The van der Waals surface area contributed by atoms with Gasteiger partial charge >= 0.3 is 6.09 Å². The molecule has 3 atom stereocenters. The summed E-state index contributed by atoms with van der Waals surface area (Å²) in [4.78, 5) is 55.4. The van der Waals surface area contributed by atoms with Crippen molar-refractivity contribution in [3.8, 4) is 11.5 Å². The molecule has 0 spiro atoms. The zero-order chi connectivity index (χ0) is 33.1. The highest BCUT2D eigenvalue weighted by molar-refractivity contribution is 6.04. The third kappa shape index (κ3) is 6.56. The van der Waals surface area contributed by atoms with Crippen molar-refractivity contribution in [2.45, 2.75) is 12.1 Å². The number of amides is 2. The third-order valence-corrected chi connectivity index (χ3v) is 7.74. The number of ether oxygens (including phenoxy) is 2. The predicted molar refractivity (Wildman–Crippen MR) is 167 cm³/mol. The number of non-ortho nitro benzene ring substituents is 1. The topological polar surface area (TPSA) is 165 Å². The first-order valence-electron chi connectivity index (χ1n) is 14.4. The second kappa shape index (κ2) is 13.0. The fourth-order valence-electron chi connectivity index (χ4n) is 5.51. The van der Waals surface area contributed by atoms with Crippen LogP contribution in [0.1, 0.15) is 22.0 Å². The highest BCUT2D eigenvalue weighted by Crippen LogP contribution is 2.39. The maximum absolute atomic E-state index is 13.9. The largest absolute Gasteiger partial charge is 0.494 e. The second-order valence-corrected chi connectivity index (χ2v) is 10.7. The minimum Gasteiger partial charge on any atom is -0.494 e. The average molecular weight is 639 g/mol. The Bertz CT molecular complexity index is 1890. The van der Waals surface area contributed by atoms with Gasteiger partial charge in [0.25, 0.3) is 11.6 Å². The molecule has 3 N–H and O–H groups in total. The summed E-state index contributed by atoms with van der Waals surface area (Å²) < 4.78 is 24.2. The number of rotatable bonds is 8. The van der Waals surface area contributed by atoms with Crippen LogP contribution in [0.2, 0.25) is 0 Å². The van der Waals surface area contributed by atoms with Gasteiger partial charge in [-0.1, -0.05) is 18.2 Å². The van der Waals surface area contributed by atoms with Crippen molar-refractivity contribution < 1.29 is 33.2 Å². The lowest BCUT2D eigenvalue weighted by molar-refractivity contribution is -0.384. The number of nitro benzene ring substituents is 1. The molecule has 0 saturated carbocycles. The highest BCUT2D eigenvalue weighted by atomic mass is 19.1. The Hall–Kier alpha value is -6.31. The van der Waals surface area contributed by atoms with Crippen molar-refractivity contribution >= 4 is 35.0 Å². The number of hydrogen-bond donors (Lipinski definition) is 3. The van der Waals surface area contributed by atoms with E-state index in [9.17, 15) is 28.9 Å². The molecule has 3 aromatic carbocycles. The molecule has 0 bridgehead atoms. The SMILES string of the molecule is COc1cc(C(=O)Nc2cc(C3NC4=CN(C(=O)Oc5ccc([N+](=O)[O-])cc5)CC(=O)C4C3Nc3ccccc3)ccn2)ccc1F. The summed E-state index contributed by atoms with van der Waals surface area (Å²) in [6.45, 7) is -0.264. The number of halogens is 1. The Balaban J connectivity index is 1.26. The number of nitrogens with zero attached hydrogens (tertiary/aromatic N) is 3. The second-order valence-electron chi connectivity index (χ2n) is 10.7. The van der Waals surface area contributed by atoms with Gasteiger partial charge in [0.1, 0.15) is 11.6 Å². The number of aromatic nitrogens is 1.